The molecule has 0 saturated heterocycles. The molecule has 0 spiro atoms. The third-order valence-electron chi connectivity index (χ3n) is 4.71. The van der Waals surface area contributed by atoms with E-state index in [1.54, 1.807) is 6.92 Å². The lowest BCUT2D eigenvalue weighted by atomic mass is 9.91. The molecule has 1 unspecified atom stereocenters. The molecule has 0 aromatic heterocycles. The quantitative estimate of drug-likeness (QED) is 0.814. The molecule has 138 valence electrons. The SMILES string of the molecule is CC(Cc1ccc(C(F)(F)F)cc1)C(=O)NC1(CC(=O)O)CCCC1. The van der Waals surface area contributed by atoms with Crippen molar-refractivity contribution < 1.29 is 27.9 Å². The van der Waals surface area contributed by atoms with E-state index in [1.165, 1.54) is 12.1 Å². The van der Waals surface area contributed by atoms with Gasteiger partial charge in [-0.15, -0.1) is 0 Å². The van der Waals surface area contributed by atoms with E-state index < -0.39 is 29.2 Å². The molecule has 1 aromatic carbocycles. The summed E-state index contributed by atoms with van der Waals surface area (Å²) in [5.41, 5.74) is -0.786. The first kappa shape index (κ1) is 19.3. The van der Waals surface area contributed by atoms with Gasteiger partial charge in [0.25, 0.3) is 0 Å². The molecule has 25 heavy (non-hydrogen) atoms. The number of amides is 1. The number of aliphatic carboxylic acids is 1. The van der Waals surface area contributed by atoms with Crippen LogP contribution in [0.1, 0.15) is 50.2 Å². The van der Waals surface area contributed by atoms with E-state index in [1.807, 2.05) is 0 Å². The van der Waals surface area contributed by atoms with Crippen LogP contribution in [0.5, 0.6) is 0 Å². The fourth-order valence-corrected chi connectivity index (χ4v) is 3.35. The van der Waals surface area contributed by atoms with Crippen LogP contribution in [-0.2, 0) is 22.2 Å². The zero-order valence-corrected chi connectivity index (χ0v) is 14.0. The predicted octanol–water partition coefficient (Wildman–Crippen LogP) is 3.79. The van der Waals surface area contributed by atoms with Gasteiger partial charge in [0.05, 0.1) is 17.5 Å². The molecule has 0 radical (unpaired) electrons. The van der Waals surface area contributed by atoms with Crippen LogP contribution < -0.4 is 5.32 Å². The molecule has 0 heterocycles. The van der Waals surface area contributed by atoms with Crippen LogP contribution in [0.15, 0.2) is 24.3 Å². The lowest BCUT2D eigenvalue weighted by Crippen LogP contribution is -2.49. The molecule has 1 aliphatic carbocycles. The number of hydrogen-bond donors (Lipinski definition) is 2. The van der Waals surface area contributed by atoms with Crippen LogP contribution in [-0.4, -0.2) is 22.5 Å². The maximum absolute atomic E-state index is 12.6. The number of halogens is 3. The van der Waals surface area contributed by atoms with Crippen molar-refractivity contribution in [3.8, 4) is 0 Å². The molecular weight excluding hydrogens is 335 g/mol. The Kier molecular flexibility index (Phi) is 5.75. The summed E-state index contributed by atoms with van der Waals surface area (Å²) in [6.45, 7) is 1.69. The summed E-state index contributed by atoms with van der Waals surface area (Å²) in [7, 11) is 0. The number of alkyl halides is 3. The molecule has 2 N–H and O–H groups in total. The molecule has 7 heteroatoms. The molecule has 1 saturated carbocycles. The number of hydrogen-bond acceptors (Lipinski definition) is 2. The monoisotopic (exact) mass is 357 g/mol. The second-order valence-electron chi connectivity index (χ2n) is 6.85. The first-order chi connectivity index (χ1) is 11.6. The van der Waals surface area contributed by atoms with E-state index in [2.05, 4.69) is 5.32 Å². The first-order valence-electron chi connectivity index (χ1n) is 8.31. The largest absolute Gasteiger partial charge is 0.481 e. The molecule has 1 atom stereocenters. The van der Waals surface area contributed by atoms with Gasteiger partial charge in [-0.1, -0.05) is 31.9 Å². The Balaban J connectivity index is 1.98. The third-order valence-corrected chi connectivity index (χ3v) is 4.71. The number of carboxylic acids is 1. The molecule has 1 amide bonds. The summed E-state index contributed by atoms with van der Waals surface area (Å²) in [5.74, 6) is -1.66. The number of carboxylic acid groups (broad SMARTS) is 1. The zero-order chi connectivity index (χ0) is 18.7. The second kappa shape index (κ2) is 7.45. The number of carbonyl (C=O) groups excluding carboxylic acids is 1. The van der Waals surface area contributed by atoms with Crippen molar-refractivity contribution in [3.63, 3.8) is 0 Å². The van der Waals surface area contributed by atoms with E-state index >= 15 is 0 Å². The summed E-state index contributed by atoms with van der Waals surface area (Å²) in [5, 5.41) is 12.0. The number of rotatable bonds is 6. The van der Waals surface area contributed by atoms with Crippen molar-refractivity contribution in [3.05, 3.63) is 35.4 Å². The Labute approximate surface area is 144 Å². The van der Waals surface area contributed by atoms with Gasteiger partial charge in [0.2, 0.25) is 5.91 Å². The molecule has 0 bridgehead atoms. The number of nitrogens with one attached hydrogen (secondary N) is 1. The van der Waals surface area contributed by atoms with Crippen molar-refractivity contribution in [2.75, 3.05) is 0 Å². The molecule has 4 nitrogen and oxygen atoms in total. The summed E-state index contributed by atoms with van der Waals surface area (Å²) >= 11 is 0. The predicted molar refractivity (Wildman–Crippen MR) is 85.9 cm³/mol. The molecule has 1 aromatic rings. The maximum atomic E-state index is 12.6. The van der Waals surface area contributed by atoms with Crippen molar-refractivity contribution in [1.29, 1.82) is 0 Å². The standard InChI is InChI=1S/C18H22F3NO3/c1-12(10-13-4-6-14(7-5-13)18(19,20)21)16(25)22-17(11-15(23)24)8-2-3-9-17/h4-7,12H,2-3,8-11H2,1H3,(H,22,25)(H,23,24). The van der Waals surface area contributed by atoms with Gasteiger partial charge < -0.3 is 10.4 Å². The highest BCUT2D eigenvalue weighted by Crippen LogP contribution is 2.33. The topological polar surface area (TPSA) is 66.4 Å². The van der Waals surface area contributed by atoms with E-state index in [0.717, 1.165) is 25.0 Å². The van der Waals surface area contributed by atoms with Crippen molar-refractivity contribution in [2.24, 2.45) is 5.92 Å². The average molecular weight is 357 g/mol. The van der Waals surface area contributed by atoms with E-state index in [-0.39, 0.29) is 12.3 Å². The van der Waals surface area contributed by atoms with Gasteiger partial charge in [0, 0.05) is 5.92 Å². The van der Waals surface area contributed by atoms with Gasteiger partial charge in [0.15, 0.2) is 0 Å². The van der Waals surface area contributed by atoms with Gasteiger partial charge in [-0.05, 0) is 37.0 Å². The molecule has 1 fully saturated rings. The van der Waals surface area contributed by atoms with Gasteiger partial charge in [0.1, 0.15) is 0 Å². The Morgan fingerprint density at radius 1 is 1.20 bits per heavy atom. The average Bonchev–Trinajstić information content (AvgIpc) is 2.94. The van der Waals surface area contributed by atoms with Crippen LogP contribution in [0.3, 0.4) is 0 Å². The molecule has 0 aliphatic heterocycles. The van der Waals surface area contributed by atoms with Gasteiger partial charge in [-0.3, -0.25) is 9.59 Å². The smallest absolute Gasteiger partial charge is 0.416 e. The molecular formula is C18H22F3NO3. The Hall–Kier alpha value is -2.05. The number of benzene rings is 1. The van der Waals surface area contributed by atoms with Crippen molar-refractivity contribution >= 4 is 11.9 Å². The van der Waals surface area contributed by atoms with E-state index in [4.69, 9.17) is 5.11 Å². The highest BCUT2D eigenvalue weighted by atomic mass is 19.4. The Morgan fingerprint density at radius 2 is 1.76 bits per heavy atom. The maximum Gasteiger partial charge on any atom is 0.416 e. The van der Waals surface area contributed by atoms with Crippen LogP contribution in [0.2, 0.25) is 0 Å². The second-order valence-corrected chi connectivity index (χ2v) is 6.85. The summed E-state index contributed by atoms with van der Waals surface area (Å²) in [6, 6.07) is 4.75. The summed E-state index contributed by atoms with van der Waals surface area (Å²) < 4.78 is 37.7. The zero-order valence-electron chi connectivity index (χ0n) is 14.0. The highest BCUT2D eigenvalue weighted by Gasteiger charge is 2.38. The van der Waals surface area contributed by atoms with Crippen LogP contribution in [0.4, 0.5) is 13.2 Å². The lowest BCUT2D eigenvalue weighted by Gasteiger charge is -2.30. The van der Waals surface area contributed by atoms with E-state index in [0.29, 0.717) is 24.8 Å². The Bertz CT molecular complexity index is 619. The van der Waals surface area contributed by atoms with E-state index in [9.17, 15) is 22.8 Å². The van der Waals surface area contributed by atoms with Crippen molar-refractivity contribution in [1.82, 2.24) is 5.32 Å². The molecule has 2 rings (SSSR count). The van der Waals surface area contributed by atoms with Crippen LogP contribution >= 0.6 is 0 Å². The molecule has 1 aliphatic rings. The van der Waals surface area contributed by atoms with Crippen LogP contribution in [0.25, 0.3) is 0 Å². The lowest BCUT2D eigenvalue weighted by molar-refractivity contribution is -0.140. The minimum atomic E-state index is -4.38. The minimum Gasteiger partial charge on any atom is -0.481 e. The van der Waals surface area contributed by atoms with Crippen LogP contribution in [0, 0.1) is 5.92 Å². The number of carbonyl (C=O) groups is 2. The van der Waals surface area contributed by atoms with Crippen molar-refractivity contribution in [2.45, 2.75) is 57.2 Å². The fourth-order valence-electron chi connectivity index (χ4n) is 3.35. The Morgan fingerprint density at radius 3 is 2.24 bits per heavy atom. The first-order valence-corrected chi connectivity index (χ1v) is 8.31. The van der Waals surface area contributed by atoms with Gasteiger partial charge in [-0.25, -0.2) is 0 Å². The highest BCUT2D eigenvalue weighted by molar-refractivity contribution is 5.80. The third kappa shape index (κ3) is 5.21. The normalized spacial score (nSPS) is 17.9. The van der Waals surface area contributed by atoms with Gasteiger partial charge in [-0.2, -0.15) is 13.2 Å². The minimum absolute atomic E-state index is 0.105. The summed E-state index contributed by atoms with van der Waals surface area (Å²) in [4.78, 5) is 23.5. The summed E-state index contributed by atoms with van der Waals surface area (Å²) in [6.07, 6.45) is -1.16. The fraction of sp³-hybridized carbons (Fsp3) is 0.556. The van der Waals surface area contributed by atoms with Gasteiger partial charge >= 0.3 is 12.1 Å².